The smallest absolute Gasteiger partial charge is 0.245 e. The van der Waals surface area contributed by atoms with Gasteiger partial charge in [0.1, 0.15) is 0 Å². The van der Waals surface area contributed by atoms with Crippen molar-refractivity contribution < 1.29 is 0 Å². The van der Waals surface area contributed by atoms with E-state index in [4.69, 9.17) is 23.2 Å². The third-order valence-corrected chi connectivity index (χ3v) is 2.82. The number of hydrogen-bond acceptors (Lipinski definition) is 4. The molecule has 0 atom stereocenters. The first-order valence-electron chi connectivity index (χ1n) is 5.61. The number of nitrogens with zero attached hydrogens (tertiary/aromatic N) is 3. The van der Waals surface area contributed by atoms with Gasteiger partial charge in [0, 0.05) is 5.69 Å². The van der Waals surface area contributed by atoms with E-state index >= 15 is 0 Å². The molecule has 0 saturated carbocycles. The molecule has 0 aliphatic heterocycles. The maximum Gasteiger partial charge on any atom is 0.245 e. The van der Waals surface area contributed by atoms with Crippen molar-refractivity contribution in [2.75, 3.05) is 5.32 Å². The van der Waals surface area contributed by atoms with E-state index in [1.54, 1.807) is 0 Å². The molecular formula is C12H12Cl2N4. The van der Waals surface area contributed by atoms with Gasteiger partial charge in [-0.3, -0.25) is 0 Å². The van der Waals surface area contributed by atoms with Crippen molar-refractivity contribution in [3.63, 3.8) is 0 Å². The van der Waals surface area contributed by atoms with Crippen molar-refractivity contribution >= 4 is 34.7 Å². The summed E-state index contributed by atoms with van der Waals surface area (Å²) in [6.07, 6.45) is 2.04. The molecule has 0 spiro atoms. The molecule has 1 heterocycles. The van der Waals surface area contributed by atoms with Gasteiger partial charge in [-0.25, -0.2) is 0 Å². The number of hydrogen-bond donors (Lipinski definition) is 1. The number of anilines is 2. The summed E-state index contributed by atoms with van der Waals surface area (Å²) in [5.41, 5.74) is 2.16. The zero-order valence-electron chi connectivity index (χ0n) is 9.82. The highest BCUT2D eigenvalue weighted by atomic mass is 35.5. The first-order chi connectivity index (χ1) is 8.70. The van der Waals surface area contributed by atoms with E-state index in [0.29, 0.717) is 5.82 Å². The van der Waals surface area contributed by atoms with Gasteiger partial charge in [0.2, 0.25) is 5.28 Å². The number of aromatic nitrogens is 3. The Labute approximate surface area is 115 Å². The molecule has 0 saturated heterocycles. The fourth-order valence-corrected chi connectivity index (χ4v) is 1.88. The van der Waals surface area contributed by atoms with Crippen LogP contribution in [0, 0.1) is 0 Å². The standard InChI is InChI=1S/C12H12Cl2N4/c1-2-5-8-6-3-4-7-9(8)15-11-10(13)17-18-12(14)16-11/h3-4,6-7H,2,5H2,1H3,(H,15,16,18). The predicted molar refractivity (Wildman–Crippen MR) is 73.6 cm³/mol. The summed E-state index contributed by atoms with van der Waals surface area (Å²) in [4.78, 5) is 4.02. The van der Waals surface area contributed by atoms with Crippen LogP contribution in [-0.4, -0.2) is 15.2 Å². The van der Waals surface area contributed by atoms with Crippen molar-refractivity contribution in [2.24, 2.45) is 0 Å². The van der Waals surface area contributed by atoms with Crippen LogP contribution in [-0.2, 0) is 6.42 Å². The highest BCUT2D eigenvalue weighted by molar-refractivity contribution is 6.32. The number of para-hydroxylation sites is 1. The minimum atomic E-state index is 0.0647. The molecule has 6 heteroatoms. The van der Waals surface area contributed by atoms with Gasteiger partial charge in [-0.2, -0.15) is 4.98 Å². The van der Waals surface area contributed by atoms with Crippen LogP contribution in [0.2, 0.25) is 10.4 Å². The lowest BCUT2D eigenvalue weighted by atomic mass is 10.1. The number of nitrogens with one attached hydrogen (secondary N) is 1. The Kier molecular flexibility index (Phi) is 4.33. The lowest BCUT2D eigenvalue weighted by Crippen LogP contribution is -2.01. The van der Waals surface area contributed by atoms with E-state index in [-0.39, 0.29) is 10.4 Å². The molecular weight excluding hydrogens is 271 g/mol. The van der Waals surface area contributed by atoms with E-state index in [9.17, 15) is 0 Å². The van der Waals surface area contributed by atoms with Crippen LogP contribution in [0.5, 0.6) is 0 Å². The summed E-state index contributed by atoms with van der Waals surface area (Å²) in [6.45, 7) is 2.13. The second-order valence-corrected chi connectivity index (χ2v) is 4.45. The molecule has 0 amide bonds. The normalized spacial score (nSPS) is 10.4. The maximum absolute atomic E-state index is 5.92. The number of rotatable bonds is 4. The van der Waals surface area contributed by atoms with Gasteiger partial charge in [-0.1, -0.05) is 43.1 Å². The zero-order valence-corrected chi connectivity index (χ0v) is 11.3. The number of aryl methyl sites for hydroxylation is 1. The Morgan fingerprint density at radius 2 is 1.94 bits per heavy atom. The van der Waals surface area contributed by atoms with E-state index in [1.165, 1.54) is 5.56 Å². The minimum Gasteiger partial charge on any atom is -0.337 e. The molecule has 1 aromatic heterocycles. The summed E-state index contributed by atoms with van der Waals surface area (Å²) in [5, 5.41) is 10.7. The second-order valence-electron chi connectivity index (χ2n) is 3.75. The van der Waals surface area contributed by atoms with E-state index in [1.807, 2.05) is 18.2 Å². The van der Waals surface area contributed by atoms with Crippen LogP contribution in [0.3, 0.4) is 0 Å². The highest BCUT2D eigenvalue weighted by Gasteiger charge is 2.08. The molecule has 4 nitrogen and oxygen atoms in total. The Balaban J connectivity index is 2.30. The molecule has 0 unspecified atom stereocenters. The summed E-state index contributed by atoms with van der Waals surface area (Å²) < 4.78 is 0. The van der Waals surface area contributed by atoms with Crippen molar-refractivity contribution in [3.05, 3.63) is 40.3 Å². The molecule has 0 aliphatic rings. The SMILES string of the molecule is CCCc1ccccc1Nc1nc(Cl)nnc1Cl. The van der Waals surface area contributed by atoms with Crippen molar-refractivity contribution in [1.29, 1.82) is 0 Å². The van der Waals surface area contributed by atoms with Gasteiger partial charge in [0.05, 0.1) is 0 Å². The number of halogens is 2. The summed E-state index contributed by atoms with van der Waals surface area (Å²) in [5.74, 6) is 0.417. The molecule has 94 valence electrons. The monoisotopic (exact) mass is 282 g/mol. The van der Waals surface area contributed by atoms with Crippen LogP contribution < -0.4 is 5.32 Å². The quantitative estimate of drug-likeness (QED) is 0.925. The summed E-state index contributed by atoms with van der Waals surface area (Å²) >= 11 is 11.6. The first-order valence-corrected chi connectivity index (χ1v) is 6.37. The molecule has 0 radical (unpaired) electrons. The largest absolute Gasteiger partial charge is 0.337 e. The zero-order chi connectivity index (χ0) is 13.0. The second kappa shape index (κ2) is 5.98. The van der Waals surface area contributed by atoms with Crippen molar-refractivity contribution in [3.8, 4) is 0 Å². The van der Waals surface area contributed by atoms with Crippen LogP contribution in [0.15, 0.2) is 24.3 Å². The van der Waals surface area contributed by atoms with Crippen LogP contribution in [0.4, 0.5) is 11.5 Å². The Morgan fingerprint density at radius 3 is 2.72 bits per heavy atom. The van der Waals surface area contributed by atoms with E-state index in [0.717, 1.165) is 18.5 Å². The van der Waals surface area contributed by atoms with Crippen molar-refractivity contribution in [1.82, 2.24) is 15.2 Å². The Bertz CT molecular complexity index is 545. The molecule has 2 aromatic rings. The highest BCUT2D eigenvalue weighted by Crippen LogP contribution is 2.25. The van der Waals surface area contributed by atoms with Crippen LogP contribution in [0.25, 0.3) is 0 Å². The average molecular weight is 283 g/mol. The fourth-order valence-electron chi connectivity index (χ4n) is 1.63. The van der Waals surface area contributed by atoms with Gasteiger partial charge in [-0.15, -0.1) is 10.2 Å². The van der Waals surface area contributed by atoms with E-state index < -0.39 is 0 Å². The van der Waals surface area contributed by atoms with Gasteiger partial charge in [0.15, 0.2) is 11.0 Å². The van der Waals surface area contributed by atoms with E-state index in [2.05, 4.69) is 33.5 Å². The molecule has 1 N–H and O–H groups in total. The molecule has 18 heavy (non-hydrogen) atoms. The lowest BCUT2D eigenvalue weighted by molar-refractivity contribution is 0.922. The molecule has 0 aliphatic carbocycles. The van der Waals surface area contributed by atoms with Crippen molar-refractivity contribution in [2.45, 2.75) is 19.8 Å². The van der Waals surface area contributed by atoms with Gasteiger partial charge < -0.3 is 5.32 Å². The molecule has 0 fully saturated rings. The average Bonchev–Trinajstić information content (AvgIpc) is 2.36. The molecule has 1 aromatic carbocycles. The van der Waals surface area contributed by atoms with Gasteiger partial charge in [-0.05, 0) is 29.7 Å². The predicted octanol–water partition coefficient (Wildman–Crippen LogP) is 3.87. The molecule has 2 rings (SSSR count). The van der Waals surface area contributed by atoms with Crippen LogP contribution in [0.1, 0.15) is 18.9 Å². The summed E-state index contributed by atoms with van der Waals surface area (Å²) in [6, 6.07) is 7.99. The third-order valence-electron chi connectivity index (χ3n) is 2.41. The minimum absolute atomic E-state index is 0.0647. The topological polar surface area (TPSA) is 50.7 Å². The Morgan fingerprint density at radius 1 is 1.17 bits per heavy atom. The number of benzene rings is 1. The lowest BCUT2D eigenvalue weighted by Gasteiger charge is -2.11. The van der Waals surface area contributed by atoms with Gasteiger partial charge >= 0.3 is 0 Å². The first kappa shape index (κ1) is 13.1. The summed E-state index contributed by atoms with van der Waals surface area (Å²) in [7, 11) is 0. The maximum atomic E-state index is 5.92. The Hall–Kier alpha value is -1.39. The fraction of sp³-hybridized carbons (Fsp3) is 0.250. The third kappa shape index (κ3) is 3.09. The molecule has 0 bridgehead atoms. The van der Waals surface area contributed by atoms with Crippen LogP contribution >= 0.6 is 23.2 Å². The van der Waals surface area contributed by atoms with Gasteiger partial charge in [0.25, 0.3) is 0 Å².